The zero-order valence-corrected chi connectivity index (χ0v) is 10.8. The molecule has 0 aromatic carbocycles. The molecule has 0 saturated carbocycles. The molecule has 0 unspecified atom stereocenters. The molecule has 0 bridgehead atoms. The lowest BCUT2D eigenvalue weighted by atomic mass is 10.1. The van der Waals surface area contributed by atoms with E-state index < -0.39 is 18.1 Å². The highest BCUT2D eigenvalue weighted by Gasteiger charge is 2.19. The summed E-state index contributed by atoms with van der Waals surface area (Å²) in [4.78, 5) is 15.2. The van der Waals surface area contributed by atoms with Gasteiger partial charge in [-0.1, -0.05) is 0 Å². The molecule has 1 rings (SSSR count). The number of carbonyl (C=O) groups excluding carboxylic acids is 1. The first-order valence-corrected chi connectivity index (χ1v) is 5.73. The highest BCUT2D eigenvalue weighted by Crippen LogP contribution is 2.27. The van der Waals surface area contributed by atoms with Gasteiger partial charge >= 0.3 is 5.97 Å². The fourth-order valence-electron chi connectivity index (χ4n) is 1.63. The molecule has 19 heavy (non-hydrogen) atoms. The van der Waals surface area contributed by atoms with Gasteiger partial charge in [-0.25, -0.2) is 13.8 Å². The first-order chi connectivity index (χ1) is 9.03. The van der Waals surface area contributed by atoms with Crippen molar-refractivity contribution in [3.05, 3.63) is 23.0 Å². The van der Waals surface area contributed by atoms with E-state index in [1.807, 2.05) is 0 Å². The summed E-state index contributed by atoms with van der Waals surface area (Å²) in [5, 5.41) is 0. The highest BCUT2D eigenvalue weighted by molar-refractivity contribution is 5.74. The molecule has 0 aliphatic heterocycles. The van der Waals surface area contributed by atoms with Crippen molar-refractivity contribution >= 4 is 5.97 Å². The predicted octanol–water partition coefficient (Wildman–Crippen LogP) is 1.59. The second-order valence-electron chi connectivity index (χ2n) is 3.66. The van der Waals surface area contributed by atoms with Gasteiger partial charge in [-0.05, 0) is 6.92 Å². The molecule has 0 aliphatic carbocycles. The molecule has 1 heterocycles. The van der Waals surface area contributed by atoms with E-state index in [0.717, 1.165) is 6.07 Å². The number of alkyl halides is 2. The molecule has 0 saturated heterocycles. The van der Waals surface area contributed by atoms with Crippen LogP contribution >= 0.6 is 0 Å². The summed E-state index contributed by atoms with van der Waals surface area (Å²) in [6.45, 7) is 1.85. The van der Waals surface area contributed by atoms with Crippen LogP contribution in [0.3, 0.4) is 0 Å². The molecule has 5 nitrogen and oxygen atoms in total. The van der Waals surface area contributed by atoms with Gasteiger partial charge in [0, 0.05) is 18.2 Å². The molecule has 0 radical (unpaired) electrons. The van der Waals surface area contributed by atoms with Crippen molar-refractivity contribution in [1.82, 2.24) is 4.98 Å². The average Bonchev–Trinajstić information content (AvgIpc) is 2.38. The second-order valence-corrected chi connectivity index (χ2v) is 3.66. The number of aromatic nitrogens is 1. The molecule has 1 aromatic rings. The van der Waals surface area contributed by atoms with Crippen LogP contribution in [0.25, 0.3) is 0 Å². The van der Waals surface area contributed by atoms with Crippen LogP contribution < -0.4 is 10.5 Å². The minimum Gasteiger partial charge on any atom is -0.496 e. The SMILES string of the molecule is CCOC(=O)Cc1c(OC)cc(C(F)F)nc1CN. The Bertz CT molecular complexity index is 428. The third kappa shape index (κ3) is 3.85. The molecule has 2 N–H and O–H groups in total. The van der Waals surface area contributed by atoms with Crippen LogP contribution in [0.2, 0.25) is 0 Å². The number of methoxy groups -OCH3 is 1. The molecule has 0 fully saturated rings. The maximum atomic E-state index is 12.7. The van der Waals surface area contributed by atoms with Crippen molar-refractivity contribution in [1.29, 1.82) is 0 Å². The summed E-state index contributed by atoms with van der Waals surface area (Å²) in [6, 6.07) is 1.11. The van der Waals surface area contributed by atoms with Gasteiger partial charge in [0.15, 0.2) is 0 Å². The summed E-state index contributed by atoms with van der Waals surface area (Å²) < 4.78 is 35.2. The maximum absolute atomic E-state index is 12.7. The Morgan fingerprint density at radius 2 is 2.21 bits per heavy atom. The maximum Gasteiger partial charge on any atom is 0.310 e. The lowest BCUT2D eigenvalue weighted by molar-refractivity contribution is -0.142. The van der Waals surface area contributed by atoms with Gasteiger partial charge in [-0.3, -0.25) is 4.79 Å². The lowest BCUT2D eigenvalue weighted by Crippen LogP contribution is -2.14. The van der Waals surface area contributed by atoms with Crippen molar-refractivity contribution in [2.45, 2.75) is 26.3 Å². The third-order valence-corrected chi connectivity index (χ3v) is 2.45. The van der Waals surface area contributed by atoms with Gasteiger partial charge in [0.05, 0.1) is 25.8 Å². The molecular formula is C12H16F2N2O3. The predicted molar refractivity (Wildman–Crippen MR) is 64.0 cm³/mol. The van der Waals surface area contributed by atoms with Crippen LogP contribution in [0.4, 0.5) is 8.78 Å². The normalized spacial score (nSPS) is 10.6. The second kappa shape index (κ2) is 6.98. The first kappa shape index (κ1) is 15.3. The zero-order valence-electron chi connectivity index (χ0n) is 10.8. The number of hydrogen-bond donors (Lipinski definition) is 1. The fourth-order valence-corrected chi connectivity index (χ4v) is 1.63. The van der Waals surface area contributed by atoms with Gasteiger partial charge in [0.25, 0.3) is 6.43 Å². The summed E-state index contributed by atoms with van der Waals surface area (Å²) >= 11 is 0. The minimum absolute atomic E-state index is 0.0638. The number of esters is 1. The largest absolute Gasteiger partial charge is 0.496 e. The summed E-state index contributed by atoms with van der Waals surface area (Å²) in [7, 11) is 1.33. The number of pyridine rings is 1. The molecule has 0 atom stereocenters. The van der Waals surface area contributed by atoms with Crippen LogP contribution in [0.1, 0.15) is 30.3 Å². The van der Waals surface area contributed by atoms with E-state index >= 15 is 0 Å². The number of nitrogens with zero attached hydrogens (tertiary/aromatic N) is 1. The number of carbonyl (C=O) groups is 1. The summed E-state index contributed by atoms with van der Waals surface area (Å²) in [5.74, 6) is -0.319. The van der Waals surface area contributed by atoms with E-state index in [0.29, 0.717) is 5.56 Å². The van der Waals surface area contributed by atoms with E-state index in [2.05, 4.69) is 4.98 Å². The van der Waals surface area contributed by atoms with E-state index in [4.69, 9.17) is 15.2 Å². The molecule has 7 heteroatoms. The lowest BCUT2D eigenvalue weighted by Gasteiger charge is -2.14. The summed E-state index contributed by atoms with van der Waals surface area (Å²) in [6.07, 6.45) is -2.84. The molecular weight excluding hydrogens is 258 g/mol. The molecule has 0 spiro atoms. The van der Waals surface area contributed by atoms with Crippen molar-refractivity contribution in [2.24, 2.45) is 5.73 Å². The quantitative estimate of drug-likeness (QED) is 0.797. The monoisotopic (exact) mass is 274 g/mol. The van der Waals surface area contributed by atoms with Gasteiger partial charge in [0.1, 0.15) is 11.4 Å². The Kier molecular flexibility index (Phi) is 5.62. The van der Waals surface area contributed by atoms with Crippen molar-refractivity contribution < 1.29 is 23.0 Å². The Labute approximate surface area is 109 Å². The Balaban J connectivity index is 3.17. The van der Waals surface area contributed by atoms with Crippen LogP contribution in [0.5, 0.6) is 5.75 Å². The third-order valence-electron chi connectivity index (χ3n) is 2.45. The van der Waals surface area contributed by atoms with Crippen LogP contribution in [0.15, 0.2) is 6.07 Å². The minimum atomic E-state index is -2.73. The van der Waals surface area contributed by atoms with Crippen molar-refractivity contribution in [3.63, 3.8) is 0 Å². The topological polar surface area (TPSA) is 74.4 Å². The highest BCUT2D eigenvalue weighted by atomic mass is 19.3. The molecule has 106 valence electrons. The molecule has 0 aliphatic rings. The standard InChI is InChI=1S/C12H16F2N2O3/c1-3-19-11(17)4-7-9(6-15)16-8(12(13)14)5-10(7)18-2/h5,12H,3-4,6,15H2,1-2H3. The Morgan fingerprint density at radius 3 is 2.68 bits per heavy atom. The van der Waals surface area contributed by atoms with E-state index in [1.165, 1.54) is 7.11 Å². The van der Waals surface area contributed by atoms with Crippen molar-refractivity contribution in [2.75, 3.05) is 13.7 Å². The van der Waals surface area contributed by atoms with Crippen LogP contribution in [0, 0.1) is 0 Å². The number of halogens is 2. The Morgan fingerprint density at radius 1 is 1.53 bits per heavy atom. The molecule has 0 amide bonds. The van der Waals surface area contributed by atoms with Crippen LogP contribution in [-0.4, -0.2) is 24.7 Å². The van der Waals surface area contributed by atoms with Crippen molar-refractivity contribution in [3.8, 4) is 5.75 Å². The van der Waals surface area contributed by atoms with E-state index in [1.54, 1.807) is 6.92 Å². The summed E-state index contributed by atoms with van der Waals surface area (Å²) in [5.41, 5.74) is 5.64. The van der Waals surface area contributed by atoms with Crippen LogP contribution in [-0.2, 0) is 22.5 Å². The molecule has 1 aromatic heterocycles. The van der Waals surface area contributed by atoms with Gasteiger partial charge in [-0.2, -0.15) is 0 Å². The zero-order chi connectivity index (χ0) is 14.4. The van der Waals surface area contributed by atoms with Gasteiger partial charge in [-0.15, -0.1) is 0 Å². The Hall–Kier alpha value is -1.76. The van der Waals surface area contributed by atoms with Gasteiger partial charge < -0.3 is 15.2 Å². The van der Waals surface area contributed by atoms with E-state index in [9.17, 15) is 13.6 Å². The number of hydrogen-bond acceptors (Lipinski definition) is 5. The first-order valence-electron chi connectivity index (χ1n) is 5.73. The number of ether oxygens (including phenoxy) is 2. The van der Waals surface area contributed by atoms with E-state index in [-0.39, 0.29) is 31.0 Å². The smallest absolute Gasteiger partial charge is 0.310 e. The number of nitrogens with two attached hydrogens (primary N) is 1. The average molecular weight is 274 g/mol. The fraction of sp³-hybridized carbons (Fsp3) is 0.500. The number of rotatable bonds is 6. The van der Waals surface area contributed by atoms with Gasteiger partial charge in [0.2, 0.25) is 0 Å².